The number of hydrogen-bond acceptors (Lipinski definition) is 3. The van der Waals surface area contributed by atoms with Gasteiger partial charge in [-0.3, -0.25) is 0 Å². The summed E-state index contributed by atoms with van der Waals surface area (Å²) in [6, 6.07) is 6.51. The third-order valence-electron chi connectivity index (χ3n) is 4.82. The van der Waals surface area contributed by atoms with E-state index < -0.39 is 0 Å². The minimum Gasteiger partial charge on any atom is -0.438 e. The van der Waals surface area contributed by atoms with Crippen molar-refractivity contribution < 1.29 is 9.47 Å². The predicted molar refractivity (Wildman–Crippen MR) is 104 cm³/mol. The van der Waals surface area contributed by atoms with Crippen LogP contribution in [0.3, 0.4) is 0 Å². The highest BCUT2D eigenvalue weighted by atomic mass is 16.5. The molecule has 0 spiro atoms. The van der Waals surface area contributed by atoms with Gasteiger partial charge < -0.3 is 9.47 Å². The molecule has 3 heteroatoms. The molecule has 0 radical (unpaired) electrons. The van der Waals surface area contributed by atoms with Gasteiger partial charge in [-0.1, -0.05) is 31.5 Å². The van der Waals surface area contributed by atoms with E-state index in [2.05, 4.69) is 59.7 Å². The van der Waals surface area contributed by atoms with E-state index in [4.69, 9.17) is 14.5 Å². The maximum Gasteiger partial charge on any atom is 0.225 e. The van der Waals surface area contributed by atoms with Gasteiger partial charge in [-0.05, 0) is 69.2 Å². The van der Waals surface area contributed by atoms with Crippen LogP contribution in [0, 0.1) is 27.7 Å². The summed E-state index contributed by atoms with van der Waals surface area (Å²) < 4.78 is 11.7. The van der Waals surface area contributed by atoms with E-state index >= 15 is 0 Å². The minimum absolute atomic E-state index is 0.500. The number of benzene rings is 1. The largest absolute Gasteiger partial charge is 0.438 e. The molecule has 0 aliphatic rings. The second-order valence-electron chi connectivity index (χ2n) is 6.90. The summed E-state index contributed by atoms with van der Waals surface area (Å²) in [4.78, 5) is 4.81. The number of aromatic nitrogens is 1. The maximum absolute atomic E-state index is 6.27. The van der Waals surface area contributed by atoms with Crippen LogP contribution in [-0.4, -0.2) is 12.1 Å². The number of methoxy groups -OCH3 is 1. The summed E-state index contributed by atoms with van der Waals surface area (Å²) >= 11 is 0. The van der Waals surface area contributed by atoms with Crippen LogP contribution in [0.15, 0.2) is 18.2 Å². The first kappa shape index (κ1) is 19.5. The molecule has 0 aliphatic heterocycles. The Labute approximate surface area is 152 Å². The second kappa shape index (κ2) is 8.48. The highest BCUT2D eigenvalue weighted by molar-refractivity contribution is 5.46. The number of nitrogens with zero attached hydrogens (tertiary/aromatic N) is 1. The van der Waals surface area contributed by atoms with Crippen molar-refractivity contribution in [3.63, 3.8) is 0 Å². The van der Waals surface area contributed by atoms with Gasteiger partial charge in [-0.15, -0.1) is 0 Å². The fraction of sp³-hybridized carbons (Fsp3) is 0.500. The SMILES string of the molecule is CCC(CC)c1cc(COC)c(Oc2c(C)cc(C)cc2C)nc1C. The smallest absolute Gasteiger partial charge is 0.225 e. The molecule has 1 aromatic carbocycles. The highest BCUT2D eigenvalue weighted by Gasteiger charge is 2.17. The molecule has 2 rings (SSSR count). The van der Waals surface area contributed by atoms with Gasteiger partial charge in [0.25, 0.3) is 0 Å². The summed E-state index contributed by atoms with van der Waals surface area (Å²) in [5.74, 6) is 2.08. The van der Waals surface area contributed by atoms with Gasteiger partial charge in [-0.2, -0.15) is 0 Å². The molecular formula is C22H31NO2. The molecular weight excluding hydrogens is 310 g/mol. The molecule has 2 aromatic rings. The van der Waals surface area contributed by atoms with Gasteiger partial charge in [-0.25, -0.2) is 4.98 Å². The van der Waals surface area contributed by atoms with Gasteiger partial charge in [0.15, 0.2) is 0 Å². The van der Waals surface area contributed by atoms with Gasteiger partial charge in [0.2, 0.25) is 5.88 Å². The maximum atomic E-state index is 6.27. The zero-order chi connectivity index (χ0) is 18.6. The molecule has 0 fully saturated rings. The van der Waals surface area contributed by atoms with E-state index in [-0.39, 0.29) is 0 Å². The Morgan fingerprint density at radius 1 is 0.960 bits per heavy atom. The zero-order valence-corrected chi connectivity index (χ0v) is 16.7. The molecule has 0 unspecified atom stereocenters. The van der Waals surface area contributed by atoms with E-state index in [0.29, 0.717) is 18.4 Å². The molecule has 0 bridgehead atoms. The van der Waals surface area contributed by atoms with Crippen molar-refractivity contribution in [2.75, 3.05) is 7.11 Å². The number of pyridine rings is 1. The number of aryl methyl sites for hydroxylation is 4. The van der Waals surface area contributed by atoms with E-state index in [1.807, 2.05) is 0 Å². The van der Waals surface area contributed by atoms with E-state index in [1.54, 1.807) is 7.11 Å². The molecule has 136 valence electrons. The fourth-order valence-electron chi connectivity index (χ4n) is 3.56. The van der Waals surface area contributed by atoms with Crippen LogP contribution in [0.1, 0.15) is 66.1 Å². The lowest BCUT2D eigenvalue weighted by atomic mass is 9.92. The van der Waals surface area contributed by atoms with Gasteiger partial charge in [0.1, 0.15) is 5.75 Å². The summed E-state index contributed by atoms with van der Waals surface area (Å²) in [6.07, 6.45) is 2.23. The fourth-order valence-corrected chi connectivity index (χ4v) is 3.56. The Hall–Kier alpha value is -1.87. The standard InChI is InChI=1S/C22H31NO2/c1-8-18(9-2)20-12-19(13-24-7)22(23-17(20)6)25-21-15(4)10-14(3)11-16(21)5/h10-12,18H,8-9,13H2,1-7H3. The average molecular weight is 341 g/mol. The van der Waals surface area contributed by atoms with Crippen LogP contribution in [-0.2, 0) is 11.3 Å². The third-order valence-corrected chi connectivity index (χ3v) is 4.82. The molecule has 1 aromatic heterocycles. The summed E-state index contributed by atoms with van der Waals surface area (Å²) in [6.45, 7) is 13.3. The van der Waals surface area contributed by atoms with E-state index in [9.17, 15) is 0 Å². The molecule has 0 atom stereocenters. The van der Waals surface area contributed by atoms with Crippen molar-refractivity contribution in [1.82, 2.24) is 4.98 Å². The van der Waals surface area contributed by atoms with Crippen LogP contribution in [0.5, 0.6) is 11.6 Å². The van der Waals surface area contributed by atoms with Crippen molar-refractivity contribution in [3.8, 4) is 11.6 Å². The summed E-state index contributed by atoms with van der Waals surface area (Å²) in [5.41, 5.74) is 6.86. The zero-order valence-electron chi connectivity index (χ0n) is 16.7. The molecule has 0 aliphatic carbocycles. The summed E-state index contributed by atoms with van der Waals surface area (Å²) in [5, 5.41) is 0. The Morgan fingerprint density at radius 3 is 2.08 bits per heavy atom. The number of ether oxygens (including phenoxy) is 2. The lowest BCUT2D eigenvalue weighted by Gasteiger charge is -2.20. The Balaban J connectivity index is 2.49. The molecule has 0 saturated carbocycles. The first-order valence-corrected chi connectivity index (χ1v) is 9.16. The Kier molecular flexibility index (Phi) is 6.60. The molecule has 1 heterocycles. The molecule has 0 N–H and O–H groups in total. The van der Waals surface area contributed by atoms with E-state index in [0.717, 1.165) is 41.0 Å². The van der Waals surface area contributed by atoms with Crippen LogP contribution in [0.2, 0.25) is 0 Å². The third kappa shape index (κ3) is 4.40. The van der Waals surface area contributed by atoms with Crippen molar-refractivity contribution in [1.29, 1.82) is 0 Å². The lowest BCUT2D eigenvalue weighted by Crippen LogP contribution is -2.06. The van der Waals surface area contributed by atoms with E-state index in [1.165, 1.54) is 11.1 Å². The molecule has 3 nitrogen and oxygen atoms in total. The van der Waals surface area contributed by atoms with Gasteiger partial charge in [0.05, 0.1) is 6.61 Å². The number of hydrogen-bond donors (Lipinski definition) is 0. The van der Waals surface area contributed by atoms with Gasteiger partial charge >= 0.3 is 0 Å². The molecule has 25 heavy (non-hydrogen) atoms. The van der Waals surface area contributed by atoms with Gasteiger partial charge in [0, 0.05) is 18.4 Å². The second-order valence-corrected chi connectivity index (χ2v) is 6.90. The first-order valence-electron chi connectivity index (χ1n) is 9.16. The predicted octanol–water partition coefficient (Wildman–Crippen LogP) is 6.16. The Morgan fingerprint density at radius 2 is 1.56 bits per heavy atom. The van der Waals surface area contributed by atoms with Crippen LogP contribution >= 0.6 is 0 Å². The lowest BCUT2D eigenvalue weighted by molar-refractivity contribution is 0.181. The molecule has 0 saturated heterocycles. The monoisotopic (exact) mass is 341 g/mol. The summed E-state index contributed by atoms with van der Waals surface area (Å²) in [7, 11) is 1.71. The average Bonchev–Trinajstić information content (AvgIpc) is 2.55. The number of rotatable bonds is 7. The normalized spacial score (nSPS) is 11.2. The van der Waals surface area contributed by atoms with Crippen molar-refractivity contribution in [2.45, 2.75) is 66.9 Å². The quantitative estimate of drug-likeness (QED) is 0.604. The van der Waals surface area contributed by atoms with Crippen molar-refractivity contribution in [2.24, 2.45) is 0 Å². The van der Waals surface area contributed by atoms with Crippen LogP contribution in [0.4, 0.5) is 0 Å². The molecule has 0 amide bonds. The Bertz CT molecular complexity index is 710. The van der Waals surface area contributed by atoms with Crippen LogP contribution < -0.4 is 4.74 Å². The van der Waals surface area contributed by atoms with Crippen molar-refractivity contribution in [3.05, 3.63) is 51.7 Å². The topological polar surface area (TPSA) is 31.4 Å². The minimum atomic E-state index is 0.500. The first-order chi connectivity index (χ1) is 11.9. The highest BCUT2D eigenvalue weighted by Crippen LogP contribution is 2.34. The van der Waals surface area contributed by atoms with Crippen molar-refractivity contribution >= 4 is 0 Å². The van der Waals surface area contributed by atoms with Crippen LogP contribution in [0.25, 0.3) is 0 Å².